The summed E-state index contributed by atoms with van der Waals surface area (Å²) in [6.45, 7) is 8.29. The Hall–Kier alpha value is -3.30. The van der Waals surface area contributed by atoms with E-state index in [0.717, 1.165) is 48.4 Å². The Bertz CT molecular complexity index is 1290. The van der Waals surface area contributed by atoms with Gasteiger partial charge in [-0.1, -0.05) is 18.7 Å². The average molecular weight is 573 g/mol. The summed E-state index contributed by atoms with van der Waals surface area (Å²) in [5.74, 6) is -2.34. The van der Waals surface area contributed by atoms with Gasteiger partial charge in [0.15, 0.2) is 0 Å². The number of hydrogen-bond donors (Lipinski definition) is 2. The summed E-state index contributed by atoms with van der Waals surface area (Å²) in [7, 11) is 2.26. The fourth-order valence-electron chi connectivity index (χ4n) is 6.31. The van der Waals surface area contributed by atoms with Crippen molar-refractivity contribution in [3.05, 3.63) is 29.3 Å². The van der Waals surface area contributed by atoms with E-state index in [0.29, 0.717) is 17.4 Å². The van der Waals surface area contributed by atoms with Crippen LogP contribution in [0.1, 0.15) is 26.7 Å². The van der Waals surface area contributed by atoms with E-state index < -0.39 is 17.9 Å². The van der Waals surface area contributed by atoms with E-state index in [1.54, 1.807) is 13.1 Å². The molecule has 2 amide bonds. The third-order valence-corrected chi connectivity index (χ3v) is 9.74. The third kappa shape index (κ3) is 5.49. The second-order valence-electron chi connectivity index (χ2n) is 11.4. The van der Waals surface area contributed by atoms with Crippen molar-refractivity contribution < 1.29 is 24.0 Å². The summed E-state index contributed by atoms with van der Waals surface area (Å²) in [5.41, 5.74) is 5.69. The number of β-lactam (4-membered cyclic amide) rings is 1. The number of hydrogen-bond acceptors (Lipinski definition) is 10. The largest absolute Gasteiger partial charge is 0.543 e. The molecule has 4 atom stereocenters. The van der Waals surface area contributed by atoms with Crippen LogP contribution in [0.15, 0.2) is 34.2 Å². The fourth-order valence-corrected chi connectivity index (χ4v) is 7.44. The molecule has 5 heterocycles. The van der Waals surface area contributed by atoms with Gasteiger partial charge in [0.2, 0.25) is 11.8 Å². The number of nitrogens with two attached hydrogens (primary N) is 1. The van der Waals surface area contributed by atoms with Gasteiger partial charge >= 0.3 is 0 Å². The Kier molecular flexibility index (Phi) is 7.97. The molecule has 15 heteroatoms. The lowest BCUT2D eigenvalue weighted by atomic mass is 9.78. The molecule has 3 aliphatic heterocycles. The van der Waals surface area contributed by atoms with Crippen LogP contribution < -0.4 is 16.2 Å². The lowest BCUT2D eigenvalue weighted by Gasteiger charge is -2.48. The number of rotatable bonds is 11. The summed E-state index contributed by atoms with van der Waals surface area (Å²) in [6.07, 6.45) is 7.23. The first-order chi connectivity index (χ1) is 19.1. The second kappa shape index (κ2) is 11.3. The lowest BCUT2D eigenvalue weighted by molar-refractivity contribution is -0.913. The SMILES string of the molecule is C[C@@H](NC(=O)Cn1cnnn1)[C@H]1C(=O)N2C(C(=O)[O-])=C(Sc3cnn(CC4CC[N+](C)(CCN)CC4)c3)[C@H](C)[C@H]12. The zero-order chi connectivity index (χ0) is 28.6. The molecular weight excluding hydrogens is 536 g/mol. The number of nitrogens with zero attached hydrogens (tertiary/aromatic N) is 8. The number of aliphatic carboxylic acids is 1. The number of quaternary nitrogens is 1. The predicted molar refractivity (Wildman–Crippen MR) is 141 cm³/mol. The third-order valence-electron chi connectivity index (χ3n) is 8.51. The zero-order valence-corrected chi connectivity index (χ0v) is 23.8. The molecule has 3 aliphatic rings. The Morgan fingerprint density at radius 1 is 1.30 bits per heavy atom. The summed E-state index contributed by atoms with van der Waals surface area (Å²) in [6, 6.07) is -0.888. The van der Waals surface area contributed by atoms with E-state index in [2.05, 4.69) is 33.0 Å². The molecule has 0 radical (unpaired) electrons. The number of likely N-dealkylation sites (N-methyl/N-ethyl adjacent to an activating group) is 1. The number of piperidine rings is 1. The van der Waals surface area contributed by atoms with Gasteiger partial charge in [-0.25, -0.2) is 4.68 Å². The molecule has 2 fully saturated rings. The normalized spacial score (nSPS) is 28.8. The average Bonchev–Trinajstić information content (AvgIpc) is 3.61. The minimum Gasteiger partial charge on any atom is -0.543 e. The van der Waals surface area contributed by atoms with Crippen LogP contribution >= 0.6 is 11.8 Å². The maximum atomic E-state index is 13.1. The molecule has 0 unspecified atom stereocenters. The molecule has 0 saturated carbocycles. The number of aromatic nitrogens is 6. The van der Waals surface area contributed by atoms with Crippen molar-refractivity contribution in [2.45, 2.75) is 56.8 Å². The minimum absolute atomic E-state index is 0.0805. The smallest absolute Gasteiger partial charge is 0.242 e. The lowest BCUT2D eigenvalue weighted by Crippen LogP contribution is -2.66. The number of likely N-dealkylation sites (tertiary alicyclic amines) is 1. The van der Waals surface area contributed by atoms with Gasteiger partial charge in [0.1, 0.15) is 12.9 Å². The standard InChI is InChI=1S/C25H36N10O4S/c1-15-21-20(16(2)29-19(36)13-33-14-27-30-31-33)24(37)34(21)22(25(38)39)23(15)40-18-10-28-32(12-18)11-17-4-7-35(3,8-5-17)9-6-26/h10,12,14-17,20-21H,4-9,11,13,26H2,1-3H3,(H-,29,36,38,39)/t15-,16-,17?,20-,21-,35?/m1/s1. The van der Waals surface area contributed by atoms with Crippen molar-refractivity contribution in [2.75, 3.05) is 33.2 Å². The van der Waals surface area contributed by atoms with Crippen molar-refractivity contribution in [3.8, 4) is 0 Å². The number of fused-ring (bicyclic) bond motifs is 1. The zero-order valence-electron chi connectivity index (χ0n) is 23.0. The van der Waals surface area contributed by atoms with Crippen LogP contribution in [0.25, 0.3) is 0 Å². The van der Waals surface area contributed by atoms with Crippen molar-refractivity contribution >= 4 is 29.5 Å². The van der Waals surface area contributed by atoms with Crippen LogP contribution in [0.3, 0.4) is 0 Å². The number of carboxylic acid groups (broad SMARTS) is 1. The van der Waals surface area contributed by atoms with Crippen molar-refractivity contribution in [1.29, 1.82) is 0 Å². The van der Waals surface area contributed by atoms with E-state index >= 15 is 0 Å². The summed E-state index contributed by atoms with van der Waals surface area (Å²) < 4.78 is 4.23. The van der Waals surface area contributed by atoms with E-state index in [9.17, 15) is 19.5 Å². The van der Waals surface area contributed by atoms with Gasteiger partial charge in [-0.2, -0.15) is 5.10 Å². The highest BCUT2D eigenvalue weighted by molar-refractivity contribution is 8.03. The molecule has 14 nitrogen and oxygen atoms in total. The Morgan fingerprint density at radius 3 is 2.70 bits per heavy atom. The summed E-state index contributed by atoms with van der Waals surface area (Å²) in [5, 5.41) is 30.2. The molecule has 2 saturated heterocycles. The Morgan fingerprint density at radius 2 is 2.05 bits per heavy atom. The number of tetrazole rings is 1. The van der Waals surface area contributed by atoms with Gasteiger partial charge in [-0.15, -0.1) is 5.10 Å². The van der Waals surface area contributed by atoms with Crippen LogP contribution in [0, 0.1) is 17.8 Å². The number of carboxylic acids is 1. The van der Waals surface area contributed by atoms with Crippen LogP contribution in [0.2, 0.25) is 0 Å². The molecular formula is C25H36N10O4S. The summed E-state index contributed by atoms with van der Waals surface area (Å²) >= 11 is 1.32. The molecule has 0 bridgehead atoms. The molecule has 0 aliphatic carbocycles. The van der Waals surface area contributed by atoms with Gasteiger partial charge in [-0.3, -0.25) is 14.3 Å². The predicted octanol–water partition coefficient (Wildman–Crippen LogP) is -1.58. The maximum Gasteiger partial charge on any atom is 0.242 e. The van der Waals surface area contributed by atoms with Gasteiger partial charge in [-0.05, 0) is 23.3 Å². The van der Waals surface area contributed by atoms with Gasteiger partial charge in [0.05, 0.1) is 56.5 Å². The second-order valence-corrected chi connectivity index (χ2v) is 12.5. The van der Waals surface area contributed by atoms with Crippen molar-refractivity contribution in [1.82, 2.24) is 40.2 Å². The highest BCUT2D eigenvalue weighted by atomic mass is 32.2. The van der Waals surface area contributed by atoms with Gasteiger partial charge in [0.25, 0.3) is 0 Å². The van der Waals surface area contributed by atoms with E-state index in [1.165, 1.54) is 27.7 Å². The van der Waals surface area contributed by atoms with E-state index in [4.69, 9.17) is 5.73 Å². The fraction of sp³-hybridized carbons (Fsp3) is 0.640. The first-order valence-electron chi connectivity index (χ1n) is 13.6. The van der Waals surface area contributed by atoms with E-state index in [-0.39, 0.29) is 36.0 Å². The van der Waals surface area contributed by atoms with Crippen LogP contribution in [0.4, 0.5) is 0 Å². The molecule has 3 N–H and O–H groups in total. The van der Waals surface area contributed by atoms with Crippen molar-refractivity contribution in [2.24, 2.45) is 23.5 Å². The Labute approximate surface area is 236 Å². The number of amides is 2. The molecule has 0 aromatic carbocycles. The number of carbonyl (C=O) groups is 3. The molecule has 2 aromatic rings. The van der Waals surface area contributed by atoms with Gasteiger partial charge in [0, 0.05) is 53.9 Å². The molecule has 216 valence electrons. The molecule has 40 heavy (non-hydrogen) atoms. The van der Waals surface area contributed by atoms with Crippen LogP contribution in [0.5, 0.6) is 0 Å². The highest BCUT2D eigenvalue weighted by Gasteiger charge is 2.59. The quantitative estimate of drug-likeness (QED) is 0.236. The molecule has 2 aromatic heterocycles. The number of carbonyl (C=O) groups excluding carboxylic acids is 3. The first kappa shape index (κ1) is 28.2. The van der Waals surface area contributed by atoms with Crippen LogP contribution in [-0.4, -0.2) is 102 Å². The van der Waals surface area contributed by atoms with Gasteiger partial charge < -0.3 is 30.3 Å². The molecule has 5 rings (SSSR count). The van der Waals surface area contributed by atoms with Crippen LogP contribution in [-0.2, 0) is 27.5 Å². The monoisotopic (exact) mass is 572 g/mol. The number of thioether (sulfide) groups is 1. The maximum absolute atomic E-state index is 13.1. The highest BCUT2D eigenvalue weighted by Crippen LogP contribution is 2.51. The first-order valence-corrected chi connectivity index (χ1v) is 14.4. The van der Waals surface area contributed by atoms with E-state index in [1.807, 2.05) is 17.8 Å². The Balaban J connectivity index is 1.22. The van der Waals surface area contributed by atoms with Crippen molar-refractivity contribution in [3.63, 3.8) is 0 Å². The summed E-state index contributed by atoms with van der Waals surface area (Å²) in [4.78, 5) is 40.5. The topological polar surface area (TPSA) is 177 Å². The molecule has 0 spiro atoms. The minimum atomic E-state index is -1.38. The number of nitrogens with one attached hydrogen (secondary N) is 1.